The third-order valence-electron chi connectivity index (χ3n) is 13.8. The molecule has 3 fully saturated rings. The van der Waals surface area contributed by atoms with Gasteiger partial charge in [-0.1, -0.05) is 134 Å². The minimum Gasteiger partial charge on any atom is -0.462 e. The van der Waals surface area contributed by atoms with E-state index in [0.717, 1.165) is 80.5 Å². The Morgan fingerprint density at radius 2 is 1.47 bits per heavy atom. The molecule has 0 amide bonds. The Bertz CT molecular complexity index is 1140. The molecule has 0 aromatic carbocycles. The first-order valence-corrected chi connectivity index (χ1v) is 21.2. The van der Waals surface area contributed by atoms with Crippen LogP contribution in [0, 0.1) is 46.3 Å². The van der Waals surface area contributed by atoms with Gasteiger partial charge in [-0.25, -0.2) is 0 Å². The van der Waals surface area contributed by atoms with Crippen LogP contribution in [0.4, 0.5) is 0 Å². The van der Waals surface area contributed by atoms with Gasteiger partial charge in [-0.2, -0.15) is 0 Å². The van der Waals surface area contributed by atoms with Gasteiger partial charge in [0.05, 0.1) is 0 Å². The van der Waals surface area contributed by atoms with Crippen LogP contribution in [-0.4, -0.2) is 12.1 Å². The van der Waals surface area contributed by atoms with Gasteiger partial charge in [0, 0.05) is 12.8 Å². The molecule has 0 radical (unpaired) electrons. The zero-order valence-electron chi connectivity index (χ0n) is 32.9. The Kier molecular flexibility index (Phi) is 16.5. The lowest BCUT2D eigenvalue weighted by Gasteiger charge is -2.58. The first-order valence-electron chi connectivity index (χ1n) is 21.2. The van der Waals surface area contributed by atoms with Crippen LogP contribution in [0.2, 0.25) is 0 Å². The second-order valence-electron chi connectivity index (χ2n) is 17.6. The van der Waals surface area contributed by atoms with Crippen molar-refractivity contribution in [3.05, 3.63) is 60.3 Å². The van der Waals surface area contributed by atoms with Crippen molar-refractivity contribution in [3.63, 3.8) is 0 Å². The maximum atomic E-state index is 12.8. The molecule has 0 spiro atoms. The summed E-state index contributed by atoms with van der Waals surface area (Å²) in [6, 6.07) is 0. The highest BCUT2D eigenvalue weighted by Gasteiger charge is 2.59. The molecule has 0 aromatic rings. The summed E-state index contributed by atoms with van der Waals surface area (Å²) in [6.07, 6.45) is 45.7. The fourth-order valence-electron chi connectivity index (χ4n) is 10.9. The molecule has 0 heterocycles. The van der Waals surface area contributed by atoms with Crippen molar-refractivity contribution in [2.45, 2.75) is 182 Å². The van der Waals surface area contributed by atoms with Crippen LogP contribution in [0.25, 0.3) is 0 Å². The summed E-state index contributed by atoms with van der Waals surface area (Å²) in [5, 5.41) is 0. The fraction of sp³-hybridized carbons (Fsp3) is 0.766. The molecule has 4 rings (SSSR count). The molecule has 4 unspecified atom stereocenters. The van der Waals surface area contributed by atoms with Gasteiger partial charge in [-0.05, 0) is 136 Å². The van der Waals surface area contributed by atoms with Crippen molar-refractivity contribution in [1.82, 2.24) is 0 Å². The summed E-state index contributed by atoms with van der Waals surface area (Å²) < 4.78 is 6.10. The Hall–Kier alpha value is -1.83. The Morgan fingerprint density at radius 1 is 0.796 bits per heavy atom. The minimum absolute atomic E-state index is 0.00622. The number of unbranched alkanes of at least 4 members (excludes halogenated alkanes) is 4. The van der Waals surface area contributed by atoms with Crippen LogP contribution in [0.5, 0.6) is 0 Å². The molecule has 0 aromatic heterocycles. The standard InChI is InChI=1S/C47H76O2/c1-7-8-9-10-11-12-13-14-15-16-17-18-19-20-21-22-23-27-45(48)49-40-32-34-46(5)39(36-40)28-29-41-43-31-30-42(38(4)26-24-25-37(2)3)47(43,6)35-33-44(41)46/h11-12,14-15,17-18,20-21,28,37-38,40-44H,7-10,13,16,19,22-27,29-36H2,1-6H3/b12-11-,15-14-,18-17-,21-20-/t38-,40?,41?,42-,43?,44?,46+,47-/m1/s1. The Balaban J connectivity index is 1.13. The van der Waals surface area contributed by atoms with E-state index in [0.29, 0.717) is 17.3 Å². The van der Waals surface area contributed by atoms with Crippen molar-refractivity contribution in [3.8, 4) is 0 Å². The van der Waals surface area contributed by atoms with E-state index in [1.165, 1.54) is 83.5 Å². The van der Waals surface area contributed by atoms with Crippen molar-refractivity contribution < 1.29 is 9.53 Å². The monoisotopic (exact) mass is 673 g/mol. The lowest BCUT2D eigenvalue weighted by atomic mass is 9.47. The number of ether oxygens (including phenoxy) is 1. The molecule has 0 aliphatic heterocycles. The number of hydrogen-bond acceptors (Lipinski definition) is 2. The Labute approximate surface area is 303 Å². The van der Waals surface area contributed by atoms with Gasteiger partial charge in [0.2, 0.25) is 0 Å². The first kappa shape index (κ1) is 39.9. The van der Waals surface area contributed by atoms with E-state index in [4.69, 9.17) is 4.74 Å². The second kappa shape index (κ2) is 20.3. The number of hydrogen-bond donors (Lipinski definition) is 0. The summed E-state index contributed by atoms with van der Waals surface area (Å²) in [4.78, 5) is 12.8. The second-order valence-corrected chi connectivity index (χ2v) is 17.6. The van der Waals surface area contributed by atoms with E-state index in [-0.39, 0.29) is 12.1 Å². The molecule has 49 heavy (non-hydrogen) atoms. The van der Waals surface area contributed by atoms with Crippen LogP contribution < -0.4 is 0 Å². The highest BCUT2D eigenvalue weighted by Crippen LogP contribution is 2.67. The van der Waals surface area contributed by atoms with Crippen LogP contribution in [0.3, 0.4) is 0 Å². The van der Waals surface area contributed by atoms with Crippen molar-refractivity contribution in [1.29, 1.82) is 0 Å². The van der Waals surface area contributed by atoms with Crippen molar-refractivity contribution in [2.24, 2.45) is 46.3 Å². The van der Waals surface area contributed by atoms with E-state index < -0.39 is 0 Å². The number of carbonyl (C=O) groups is 1. The molecular formula is C47H76O2. The van der Waals surface area contributed by atoms with Crippen LogP contribution in [0.15, 0.2) is 60.3 Å². The van der Waals surface area contributed by atoms with Gasteiger partial charge in [0.15, 0.2) is 0 Å². The normalized spacial score (nSPS) is 32.2. The number of carbonyl (C=O) groups excluding carboxylic acids is 1. The van der Waals surface area contributed by atoms with Crippen LogP contribution >= 0.6 is 0 Å². The topological polar surface area (TPSA) is 26.3 Å². The van der Waals surface area contributed by atoms with Gasteiger partial charge < -0.3 is 4.74 Å². The predicted octanol–water partition coefficient (Wildman–Crippen LogP) is 14.1. The van der Waals surface area contributed by atoms with E-state index in [1.807, 2.05) is 0 Å². The van der Waals surface area contributed by atoms with Gasteiger partial charge in [-0.15, -0.1) is 0 Å². The largest absolute Gasteiger partial charge is 0.462 e. The highest BCUT2D eigenvalue weighted by molar-refractivity contribution is 5.69. The zero-order chi connectivity index (χ0) is 35.1. The molecule has 4 aliphatic carbocycles. The van der Waals surface area contributed by atoms with E-state index in [2.05, 4.69) is 96.2 Å². The average Bonchev–Trinajstić information content (AvgIpc) is 3.43. The molecule has 4 aliphatic rings. The highest BCUT2D eigenvalue weighted by atomic mass is 16.5. The third kappa shape index (κ3) is 11.3. The van der Waals surface area contributed by atoms with Gasteiger partial charge in [-0.3, -0.25) is 4.79 Å². The fourth-order valence-corrected chi connectivity index (χ4v) is 10.9. The van der Waals surface area contributed by atoms with Crippen molar-refractivity contribution >= 4 is 5.97 Å². The summed E-state index contributed by atoms with van der Waals surface area (Å²) in [6.45, 7) is 14.9. The molecular weight excluding hydrogens is 597 g/mol. The SMILES string of the molecule is CCCCC/C=C\C/C=C\C/C=C\C/C=C\CCCC(=O)OC1CC[C@@]2(C)C(=CCC3C2CC[C@@]2(C)C3CC[C@@H]2[C@H](C)CCCC(C)C)C1. The number of esters is 1. The zero-order valence-corrected chi connectivity index (χ0v) is 32.9. The predicted molar refractivity (Wildman–Crippen MR) is 211 cm³/mol. The quantitative estimate of drug-likeness (QED) is 0.0731. The molecule has 2 heteroatoms. The smallest absolute Gasteiger partial charge is 0.306 e. The lowest BCUT2D eigenvalue weighted by Crippen LogP contribution is -2.51. The van der Waals surface area contributed by atoms with Crippen molar-refractivity contribution in [2.75, 3.05) is 0 Å². The number of fused-ring (bicyclic) bond motifs is 5. The third-order valence-corrected chi connectivity index (χ3v) is 13.8. The number of allylic oxidation sites excluding steroid dienone is 9. The summed E-state index contributed by atoms with van der Waals surface area (Å²) >= 11 is 0. The molecule has 0 N–H and O–H groups in total. The average molecular weight is 673 g/mol. The molecule has 0 bridgehead atoms. The van der Waals surface area contributed by atoms with Crippen LogP contribution in [-0.2, 0) is 9.53 Å². The molecule has 2 nitrogen and oxygen atoms in total. The van der Waals surface area contributed by atoms with Gasteiger partial charge in [0.25, 0.3) is 0 Å². The number of rotatable bonds is 20. The van der Waals surface area contributed by atoms with Crippen LogP contribution in [0.1, 0.15) is 176 Å². The maximum Gasteiger partial charge on any atom is 0.306 e. The Morgan fingerprint density at radius 3 is 2.14 bits per heavy atom. The summed E-state index contributed by atoms with van der Waals surface area (Å²) in [7, 11) is 0. The minimum atomic E-state index is 0.00622. The first-order chi connectivity index (χ1) is 23.7. The van der Waals surface area contributed by atoms with E-state index in [1.54, 1.807) is 5.57 Å². The molecule has 8 atom stereocenters. The van der Waals surface area contributed by atoms with E-state index in [9.17, 15) is 4.79 Å². The van der Waals surface area contributed by atoms with E-state index >= 15 is 0 Å². The molecule has 276 valence electrons. The summed E-state index contributed by atoms with van der Waals surface area (Å²) in [5.41, 5.74) is 2.48. The summed E-state index contributed by atoms with van der Waals surface area (Å²) in [5.74, 6) is 5.21. The molecule has 0 saturated heterocycles. The van der Waals surface area contributed by atoms with Gasteiger partial charge >= 0.3 is 5.97 Å². The lowest BCUT2D eigenvalue weighted by molar-refractivity contribution is -0.151. The molecule has 3 saturated carbocycles. The van der Waals surface area contributed by atoms with Gasteiger partial charge in [0.1, 0.15) is 6.10 Å². The maximum absolute atomic E-state index is 12.8.